The molecule has 0 radical (unpaired) electrons. The molecule has 5 aromatic carbocycles. The maximum Gasteiger partial charge on any atom is 0.179 e. The van der Waals surface area contributed by atoms with Gasteiger partial charge in [-0.25, -0.2) is 0 Å². The fourth-order valence-electron chi connectivity index (χ4n) is 5.42. The summed E-state index contributed by atoms with van der Waals surface area (Å²) in [6.45, 7) is 4.46. The average molecular weight is 500 g/mol. The van der Waals surface area contributed by atoms with Crippen LogP contribution >= 0.6 is 0 Å². The lowest BCUT2D eigenvalue weighted by Gasteiger charge is -2.35. The van der Waals surface area contributed by atoms with Crippen LogP contribution in [0.2, 0.25) is 0 Å². The molecular formula is C34H33NOSi. The van der Waals surface area contributed by atoms with Crippen molar-refractivity contribution < 1.29 is 4.74 Å². The molecule has 0 N–H and O–H groups in total. The zero-order chi connectivity index (χ0) is 25.7. The SMILES string of the molecule is COc1ccc(N(c2ccc([Si](c3ccccc3)(c3ccccc3)c3ccccc3)cc2)C(C)C)cc1. The maximum atomic E-state index is 5.38. The van der Waals surface area contributed by atoms with Crippen molar-refractivity contribution in [1.82, 2.24) is 0 Å². The summed E-state index contributed by atoms with van der Waals surface area (Å²) in [6.07, 6.45) is 0. The van der Waals surface area contributed by atoms with Gasteiger partial charge in [0.05, 0.1) is 7.11 Å². The van der Waals surface area contributed by atoms with Crippen molar-refractivity contribution in [3.8, 4) is 5.75 Å². The fraction of sp³-hybridized carbons (Fsp3) is 0.118. The van der Waals surface area contributed by atoms with Crippen molar-refractivity contribution in [3.05, 3.63) is 140 Å². The topological polar surface area (TPSA) is 12.5 Å². The van der Waals surface area contributed by atoms with E-state index in [1.807, 2.05) is 12.1 Å². The number of rotatable bonds is 8. The van der Waals surface area contributed by atoms with E-state index in [1.54, 1.807) is 7.11 Å². The molecule has 2 nitrogen and oxygen atoms in total. The first-order valence-corrected chi connectivity index (χ1v) is 14.8. The van der Waals surface area contributed by atoms with Crippen molar-refractivity contribution >= 4 is 40.2 Å². The second kappa shape index (κ2) is 10.9. The highest BCUT2D eigenvalue weighted by atomic mass is 28.3. The first-order chi connectivity index (χ1) is 18.1. The molecule has 0 aliphatic heterocycles. The number of benzene rings is 5. The molecule has 0 unspecified atom stereocenters. The van der Waals surface area contributed by atoms with Gasteiger partial charge in [0, 0.05) is 17.4 Å². The van der Waals surface area contributed by atoms with Crippen LogP contribution in [0.1, 0.15) is 13.8 Å². The third-order valence-electron chi connectivity index (χ3n) is 7.07. The van der Waals surface area contributed by atoms with Crippen LogP contribution in [0.25, 0.3) is 0 Å². The normalized spacial score (nSPS) is 11.4. The van der Waals surface area contributed by atoms with Gasteiger partial charge in [-0.3, -0.25) is 0 Å². The zero-order valence-electron chi connectivity index (χ0n) is 21.7. The number of ether oxygens (including phenoxy) is 1. The largest absolute Gasteiger partial charge is 0.497 e. The molecule has 0 bridgehead atoms. The number of hydrogen-bond donors (Lipinski definition) is 0. The molecule has 0 aromatic heterocycles. The first-order valence-electron chi connectivity index (χ1n) is 12.8. The molecule has 0 atom stereocenters. The molecule has 5 rings (SSSR count). The lowest BCUT2D eigenvalue weighted by Crippen LogP contribution is -2.74. The third kappa shape index (κ3) is 4.71. The number of anilines is 2. The second-order valence-corrected chi connectivity index (χ2v) is 13.4. The maximum absolute atomic E-state index is 5.38. The van der Waals surface area contributed by atoms with Gasteiger partial charge in [-0.15, -0.1) is 0 Å². The summed E-state index contributed by atoms with van der Waals surface area (Å²) < 4.78 is 5.38. The van der Waals surface area contributed by atoms with E-state index in [0.29, 0.717) is 6.04 Å². The standard InChI is InChI=1S/C34H33NOSi/c1-27(2)35(28-19-23-30(36-3)24-20-28)29-21-25-34(26-22-29)37(31-13-7-4-8-14-31,32-15-9-5-10-16-32)33-17-11-6-12-18-33/h4-27H,1-3H3. The number of hydrogen-bond acceptors (Lipinski definition) is 2. The second-order valence-electron chi connectivity index (χ2n) is 9.56. The Labute approximate surface area is 221 Å². The number of methoxy groups -OCH3 is 1. The van der Waals surface area contributed by atoms with Gasteiger partial charge >= 0.3 is 0 Å². The molecule has 0 fully saturated rings. The first kappa shape index (κ1) is 24.6. The van der Waals surface area contributed by atoms with Gasteiger partial charge in [-0.1, -0.05) is 103 Å². The van der Waals surface area contributed by atoms with E-state index < -0.39 is 8.07 Å². The zero-order valence-corrected chi connectivity index (χ0v) is 22.7. The van der Waals surface area contributed by atoms with E-state index >= 15 is 0 Å². The van der Waals surface area contributed by atoms with Gasteiger partial charge in [0.2, 0.25) is 0 Å². The van der Waals surface area contributed by atoms with Gasteiger partial charge in [-0.05, 0) is 71.0 Å². The lowest BCUT2D eigenvalue weighted by atomic mass is 10.2. The van der Waals surface area contributed by atoms with Crippen molar-refractivity contribution in [2.75, 3.05) is 12.0 Å². The predicted molar refractivity (Wildman–Crippen MR) is 160 cm³/mol. The molecular weight excluding hydrogens is 466 g/mol. The highest BCUT2D eigenvalue weighted by Crippen LogP contribution is 2.29. The van der Waals surface area contributed by atoms with Gasteiger partial charge in [0.15, 0.2) is 8.07 Å². The van der Waals surface area contributed by atoms with E-state index in [0.717, 1.165) is 11.4 Å². The monoisotopic (exact) mass is 499 g/mol. The van der Waals surface area contributed by atoms with Crippen molar-refractivity contribution in [3.63, 3.8) is 0 Å². The van der Waals surface area contributed by atoms with E-state index in [9.17, 15) is 0 Å². The highest BCUT2D eigenvalue weighted by Gasteiger charge is 2.41. The molecule has 0 amide bonds. The predicted octanol–water partition coefficient (Wildman–Crippen LogP) is 5.62. The summed E-state index contributed by atoms with van der Waals surface area (Å²) >= 11 is 0. The molecule has 5 aromatic rings. The molecule has 3 heteroatoms. The van der Waals surface area contributed by atoms with E-state index in [1.165, 1.54) is 26.4 Å². The Hall–Kier alpha value is -4.08. The smallest absolute Gasteiger partial charge is 0.179 e. The van der Waals surface area contributed by atoms with E-state index in [4.69, 9.17) is 4.74 Å². The van der Waals surface area contributed by atoms with Crippen molar-refractivity contribution in [2.45, 2.75) is 19.9 Å². The van der Waals surface area contributed by atoms with Crippen LogP contribution in [0.4, 0.5) is 11.4 Å². The average Bonchev–Trinajstić information content (AvgIpc) is 2.96. The van der Waals surface area contributed by atoms with Gasteiger partial charge in [0.1, 0.15) is 5.75 Å². The molecule has 0 saturated carbocycles. The van der Waals surface area contributed by atoms with Gasteiger partial charge in [0.25, 0.3) is 0 Å². The summed E-state index contributed by atoms with van der Waals surface area (Å²) in [4.78, 5) is 2.38. The summed E-state index contributed by atoms with van der Waals surface area (Å²) in [5.41, 5.74) is 2.34. The quantitative estimate of drug-likeness (QED) is 0.203. The van der Waals surface area contributed by atoms with Crippen LogP contribution in [0.3, 0.4) is 0 Å². The number of nitrogens with zero attached hydrogens (tertiary/aromatic N) is 1. The summed E-state index contributed by atoms with van der Waals surface area (Å²) in [7, 11) is -0.807. The molecule has 0 spiro atoms. The Morgan fingerprint density at radius 3 is 1.19 bits per heavy atom. The van der Waals surface area contributed by atoms with Crippen LogP contribution in [-0.4, -0.2) is 21.2 Å². The van der Waals surface area contributed by atoms with Crippen LogP contribution in [0, 0.1) is 0 Å². The minimum atomic E-state index is -2.51. The molecule has 0 aliphatic carbocycles. The molecule has 0 saturated heterocycles. The van der Waals surface area contributed by atoms with Gasteiger partial charge < -0.3 is 9.64 Å². The Balaban J connectivity index is 1.69. The van der Waals surface area contributed by atoms with Crippen molar-refractivity contribution in [1.29, 1.82) is 0 Å². The Bertz CT molecular complexity index is 1300. The van der Waals surface area contributed by atoms with Crippen LogP contribution in [0.15, 0.2) is 140 Å². The Morgan fingerprint density at radius 1 is 0.486 bits per heavy atom. The summed E-state index contributed by atoms with van der Waals surface area (Å²) in [5.74, 6) is 0.868. The summed E-state index contributed by atoms with van der Waals surface area (Å²) in [6, 6.07) is 51.1. The van der Waals surface area contributed by atoms with Crippen LogP contribution < -0.4 is 30.4 Å². The molecule has 37 heavy (non-hydrogen) atoms. The molecule has 0 heterocycles. The fourth-order valence-corrected chi connectivity index (χ4v) is 10.2. The highest BCUT2D eigenvalue weighted by molar-refractivity contribution is 7.19. The van der Waals surface area contributed by atoms with Crippen LogP contribution in [-0.2, 0) is 0 Å². The minimum Gasteiger partial charge on any atom is -0.497 e. The van der Waals surface area contributed by atoms with E-state index in [2.05, 4.69) is 146 Å². The molecule has 184 valence electrons. The summed E-state index contributed by atoms with van der Waals surface area (Å²) in [5, 5.41) is 5.53. The Kier molecular flexibility index (Phi) is 7.24. The lowest BCUT2D eigenvalue weighted by molar-refractivity contribution is 0.415. The van der Waals surface area contributed by atoms with Gasteiger partial charge in [-0.2, -0.15) is 0 Å². The Morgan fingerprint density at radius 2 is 0.838 bits per heavy atom. The molecule has 0 aliphatic rings. The van der Waals surface area contributed by atoms with Crippen molar-refractivity contribution in [2.24, 2.45) is 0 Å². The minimum absolute atomic E-state index is 0.304. The third-order valence-corrected chi connectivity index (χ3v) is 11.9. The van der Waals surface area contributed by atoms with Crippen LogP contribution in [0.5, 0.6) is 5.75 Å². The van der Waals surface area contributed by atoms with E-state index in [-0.39, 0.29) is 0 Å².